The van der Waals surface area contributed by atoms with E-state index in [0.29, 0.717) is 18.1 Å². The summed E-state index contributed by atoms with van der Waals surface area (Å²) >= 11 is 1.47. The van der Waals surface area contributed by atoms with E-state index in [4.69, 9.17) is 24.7 Å². The number of benzene rings is 2. The highest BCUT2D eigenvalue weighted by Crippen LogP contribution is 2.65. The van der Waals surface area contributed by atoms with Crippen LogP contribution in [-0.4, -0.2) is 54.9 Å². The van der Waals surface area contributed by atoms with Gasteiger partial charge < -0.3 is 24.7 Å². The highest BCUT2D eigenvalue weighted by Gasteiger charge is 2.74. The van der Waals surface area contributed by atoms with Crippen molar-refractivity contribution in [3.8, 4) is 11.5 Å². The van der Waals surface area contributed by atoms with Gasteiger partial charge >= 0.3 is 11.9 Å². The molecule has 2 aromatic rings. The second kappa shape index (κ2) is 10.5. The Morgan fingerprint density at radius 2 is 1.57 bits per heavy atom. The molecule has 10 heteroatoms. The monoisotopic (exact) mass is 523 g/mol. The third-order valence-corrected chi connectivity index (χ3v) is 8.36. The van der Waals surface area contributed by atoms with E-state index in [0.717, 1.165) is 22.6 Å². The number of carbonyl (C=O) groups excluding carboxylic acids is 2. The van der Waals surface area contributed by atoms with Crippen LogP contribution in [0.2, 0.25) is 0 Å². The van der Waals surface area contributed by atoms with Gasteiger partial charge in [-0.25, -0.2) is 4.99 Å². The van der Waals surface area contributed by atoms with Crippen LogP contribution in [0.5, 0.6) is 11.5 Å². The quantitative estimate of drug-likeness (QED) is 0.498. The number of esters is 2. The molecule has 2 saturated carbocycles. The first-order chi connectivity index (χ1) is 17.9. The van der Waals surface area contributed by atoms with E-state index in [1.54, 1.807) is 32.6 Å². The molecule has 2 aliphatic carbocycles. The number of carbonyl (C=O) groups is 2. The molecule has 0 saturated heterocycles. The zero-order chi connectivity index (χ0) is 26.0. The highest BCUT2D eigenvalue weighted by molar-refractivity contribution is 8.14. The maximum absolute atomic E-state index is 13.3. The number of fused-ring (bicyclic) bond motifs is 1. The summed E-state index contributed by atoms with van der Waals surface area (Å²) in [5, 5.41) is 0.563. The number of thioether (sulfide) groups is 1. The van der Waals surface area contributed by atoms with Gasteiger partial charge in [-0.05, 0) is 47.7 Å². The largest absolute Gasteiger partial charge is 0.497 e. The van der Waals surface area contributed by atoms with E-state index in [1.807, 2.05) is 36.4 Å². The summed E-state index contributed by atoms with van der Waals surface area (Å²) in [4.78, 5) is 35.0. The van der Waals surface area contributed by atoms with Gasteiger partial charge in [0.1, 0.15) is 30.3 Å². The van der Waals surface area contributed by atoms with E-state index < -0.39 is 17.4 Å². The summed E-state index contributed by atoms with van der Waals surface area (Å²) in [7, 11) is 3.19. The SMILES string of the molecule is COc1ccc(COC(=O)[C@H]2[C@H]3[C@@H]2[C@](N)(C(=O)OCc2ccc(OC)cc2)C[C@@H]3SC2=NCC=N2)cc1. The van der Waals surface area contributed by atoms with Crippen molar-refractivity contribution in [1.82, 2.24) is 0 Å². The Morgan fingerprint density at radius 1 is 0.973 bits per heavy atom. The van der Waals surface area contributed by atoms with Crippen LogP contribution < -0.4 is 15.2 Å². The van der Waals surface area contributed by atoms with Crippen LogP contribution in [0.15, 0.2) is 58.5 Å². The molecule has 0 spiro atoms. The van der Waals surface area contributed by atoms with Crippen molar-refractivity contribution in [2.75, 3.05) is 20.8 Å². The topological polar surface area (TPSA) is 122 Å². The molecule has 3 aliphatic rings. The molecule has 2 aromatic carbocycles. The molecule has 5 rings (SSSR count). The van der Waals surface area contributed by atoms with Gasteiger partial charge in [-0.2, -0.15) is 0 Å². The molecule has 2 fully saturated rings. The molecular weight excluding hydrogens is 494 g/mol. The first-order valence-electron chi connectivity index (χ1n) is 12.0. The van der Waals surface area contributed by atoms with E-state index in [-0.39, 0.29) is 36.3 Å². The second-order valence-electron chi connectivity index (χ2n) is 9.34. The maximum atomic E-state index is 13.3. The lowest BCUT2D eigenvalue weighted by Crippen LogP contribution is -2.51. The number of hydrogen-bond donors (Lipinski definition) is 1. The summed E-state index contributed by atoms with van der Waals surface area (Å²) in [6.07, 6.45) is 2.12. The van der Waals surface area contributed by atoms with E-state index >= 15 is 0 Å². The Balaban J connectivity index is 1.26. The standard InChI is InChI=1S/C27H29N3O6S/c1-33-18-7-3-16(4-8-18)14-35-24(31)22-21-20(37-26-29-11-12-30-26)13-27(28,23(21)22)25(32)36-15-17-5-9-19(34-2)10-6-17/h3-11,20-23H,12-15,28H2,1-2H3/t20-,21-,22-,23-,27-/m0/s1. The van der Waals surface area contributed by atoms with Crippen LogP contribution in [0, 0.1) is 17.8 Å². The molecule has 37 heavy (non-hydrogen) atoms. The van der Waals surface area contributed by atoms with Crippen molar-refractivity contribution in [2.45, 2.75) is 30.4 Å². The maximum Gasteiger partial charge on any atom is 0.326 e. The Hall–Kier alpha value is -3.37. The number of rotatable bonds is 9. The normalized spacial score (nSPS) is 27.3. The molecule has 0 aromatic heterocycles. The number of amidine groups is 1. The van der Waals surface area contributed by atoms with Gasteiger partial charge in [0.2, 0.25) is 0 Å². The minimum atomic E-state index is -1.29. The van der Waals surface area contributed by atoms with Crippen molar-refractivity contribution >= 4 is 35.1 Å². The van der Waals surface area contributed by atoms with Gasteiger partial charge in [-0.1, -0.05) is 36.0 Å². The number of ether oxygens (including phenoxy) is 4. The molecule has 0 amide bonds. The fourth-order valence-corrected chi connectivity index (χ4v) is 6.58. The van der Waals surface area contributed by atoms with Crippen molar-refractivity contribution in [1.29, 1.82) is 0 Å². The summed E-state index contributed by atoms with van der Waals surface area (Å²) in [6, 6.07) is 14.6. The molecule has 1 aliphatic heterocycles. The van der Waals surface area contributed by atoms with E-state index in [1.165, 1.54) is 11.8 Å². The third-order valence-electron chi connectivity index (χ3n) is 7.13. The molecule has 0 bridgehead atoms. The smallest absolute Gasteiger partial charge is 0.326 e. The molecule has 2 N–H and O–H groups in total. The van der Waals surface area contributed by atoms with Crippen LogP contribution in [0.25, 0.3) is 0 Å². The lowest BCUT2D eigenvalue weighted by atomic mass is 9.91. The Bertz CT molecular complexity index is 1220. The fourth-order valence-electron chi connectivity index (χ4n) is 5.17. The number of nitrogens with two attached hydrogens (primary N) is 1. The van der Waals surface area contributed by atoms with Crippen LogP contribution in [0.1, 0.15) is 17.5 Å². The average Bonchev–Trinajstić information content (AvgIpc) is 3.35. The number of methoxy groups -OCH3 is 2. The summed E-state index contributed by atoms with van der Waals surface area (Å²) in [6.45, 7) is 0.752. The Kier molecular flexibility index (Phi) is 7.21. The fraction of sp³-hybridized carbons (Fsp3) is 0.407. The molecule has 0 radical (unpaired) electrons. The lowest BCUT2D eigenvalue weighted by molar-refractivity contribution is -0.153. The summed E-state index contributed by atoms with van der Waals surface area (Å²) in [5.74, 6) is -0.364. The molecule has 9 nitrogen and oxygen atoms in total. The number of hydrogen-bond acceptors (Lipinski definition) is 10. The van der Waals surface area contributed by atoms with E-state index in [9.17, 15) is 9.59 Å². The second-order valence-corrected chi connectivity index (χ2v) is 10.6. The van der Waals surface area contributed by atoms with Crippen molar-refractivity contribution < 1.29 is 28.5 Å². The molecule has 5 atom stereocenters. The van der Waals surface area contributed by atoms with E-state index in [2.05, 4.69) is 9.98 Å². The summed E-state index contributed by atoms with van der Waals surface area (Å²) in [5.41, 5.74) is 7.10. The zero-order valence-electron chi connectivity index (χ0n) is 20.7. The van der Waals surface area contributed by atoms with Crippen LogP contribution >= 0.6 is 11.8 Å². The lowest BCUT2D eigenvalue weighted by Gasteiger charge is -2.27. The first kappa shape index (κ1) is 25.3. The van der Waals surface area contributed by atoms with Crippen molar-refractivity contribution in [2.24, 2.45) is 33.5 Å². The van der Waals surface area contributed by atoms with Crippen LogP contribution in [-0.2, 0) is 32.3 Å². The minimum Gasteiger partial charge on any atom is -0.497 e. The van der Waals surface area contributed by atoms with Crippen LogP contribution in [0.4, 0.5) is 0 Å². The predicted molar refractivity (Wildman–Crippen MR) is 140 cm³/mol. The van der Waals surface area contributed by atoms with Crippen molar-refractivity contribution in [3.05, 3.63) is 59.7 Å². The Labute approximate surface area is 219 Å². The number of nitrogens with zero attached hydrogens (tertiary/aromatic N) is 2. The van der Waals surface area contributed by atoms with Gasteiger partial charge in [-0.15, -0.1) is 0 Å². The van der Waals surface area contributed by atoms with Gasteiger partial charge in [0.15, 0.2) is 5.17 Å². The van der Waals surface area contributed by atoms with Crippen LogP contribution in [0.3, 0.4) is 0 Å². The third kappa shape index (κ3) is 5.21. The summed E-state index contributed by atoms with van der Waals surface area (Å²) < 4.78 is 21.6. The molecule has 0 unspecified atom stereocenters. The minimum absolute atomic E-state index is 0.0839. The Morgan fingerprint density at radius 3 is 2.11 bits per heavy atom. The number of aliphatic imine (C=N–C) groups is 2. The van der Waals surface area contributed by atoms with Crippen molar-refractivity contribution in [3.63, 3.8) is 0 Å². The van der Waals surface area contributed by atoms with Gasteiger partial charge in [-0.3, -0.25) is 14.6 Å². The zero-order valence-corrected chi connectivity index (χ0v) is 21.5. The molecule has 194 valence electrons. The highest BCUT2D eigenvalue weighted by atomic mass is 32.2. The predicted octanol–water partition coefficient (Wildman–Crippen LogP) is 3.00. The average molecular weight is 524 g/mol. The van der Waals surface area contributed by atoms with Gasteiger partial charge in [0, 0.05) is 17.4 Å². The molecular formula is C27H29N3O6S. The molecule has 1 heterocycles. The van der Waals surface area contributed by atoms with Gasteiger partial charge in [0.05, 0.1) is 26.7 Å². The van der Waals surface area contributed by atoms with Gasteiger partial charge in [0.25, 0.3) is 0 Å². The first-order valence-corrected chi connectivity index (χ1v) is 12.9.